The lowest BCUT2D eigenvalue weighted by molar-refractivity contribution is 0.415. The normalized spacial score (nSPS) is 10.7. The topological polar surface area (TPSA) is 58.8 Å². The zero-order valence-electron chi connectivity index (χ0n) is 14.1. The summed E-state index contributed by atoms with van der Waals surface area (Å²) in [6, 6.07) is 9.48. The van der Waals surface area contributed by atoms with E-state index in [0.717, 1.165) is 24.3 Å². The van der Waals surface area contributed by atoms with Gasteiger partial charge in [-0.1, -0.05) is 23.7 Å². The number of rotatable bonds is 8. The molecular weight excluding hydrogens is 453 g/mol. The summed E-state index contributed by atoms with van der Waals surface area (Å²) in [5.74, 6) is 2.31. The first kappa shape index (κ1) is 21.4. The maximum Gasteiger partial charge on any atom is 0.191 e. The van der Waals surface area contributed by atoms with Crippen molar-refractivity contribution in [1.29, 1.82) is 0 Å². The molecule has 1 aromatic carbocycles. The second-order valence-electron chi connectivity index (χ2n) is 5.06. The van der Waals surface area contributed by atoms with Crippen LogP contribution in [0.5, 0.6) is 5.75 Å². The molecule has 0 aliphatic rings. The van der Waals surface area contributed by atoms with Gasteiger partial charge in [-0.05, 0) is 29.8 Å². The van der Waals surface area contributed by atoms with Gasteiger partial charge < -0.3 is 19.8 Å². The van der Waals surface area contributed by atoms with Crippen LogP contribution in [-0.2, 0) is 13.0 Å². The van der Waals surface area contributed by atoms with Gasteiger partial charge in [-0.2, -0.15) is 0 Å². The molecule has 0 radical (unpaired) electrons. The van der Waals surface area contributed by atoms with Gasteiger partial charge in [-0.3, -0.25) is 0 Å². The number of nitrogens with one attached hydrogen (secondary N) is 2. The van der Waals surface area contributed by atoms with Crippen molar-refractivity contribution in [3.63, 3.8) is 0 Å². The Kier molecular flexibility index (Phi) is 10.1. The quantitative estimate of drug-likeness (QED) is 0.262. The Morgan fingerprint density at radius 1 is 1.36 bits per heavy atom. The number of halogens is 2. The molecule has 25 heavy (non-hydrogen) atoms. The fourth-order valence-electron chi connectivity index (χ4n) is 2.08. The molecular formula is C18H23ClIN3O2. The van der Waals surface area contributed by atoms with Crippen LogP contribution in [0.4, 0.5) is 0 Å². The van der Waals surface area contributed by atoms with E-state index >= 15 is 0 Å². The lowest BCUT2D eigenvalue weighted by Crippen LogP contribution is -2.38. The molecule has 2 rings (SSSR count). The van der Waals surface area contributed by atoms with Crippen LogP contribution < -0.4 is 15.4 Å². The molecule has 136 valence electrons. The van der Waals surface area contributed by atoms with Crippen molar-refractivity contribution < 1.29 is 9.15 Å². The van der Waals surface area contributed by atoms with E-state index in [2.05, 4.69) is 22.2 Å². The molecule has 0 saturated heterocycles. The number of benzene rings is 1. The average molecular weight is 476 g/mol. The number of guanidine groups is 1. The molecule has 0 bridgehead atoms. The molecule has 1 heterocycles. The van der Waals surface area contributed by atoms with Gasteiger partial charge in [0.15, 0.2) is 5.96 Å². The van der Waals surface area contributed by atoms with E-state index in [-0.39, 0.29) is 24.0 Å². The Morgan fingerprint density at radius 2 is 2.20 bits per heavy atom. The number of furan rings is 1. The predicted octanol–water partition coefficient (Wildman–Crippen LogP) is 4.02. The number of ether oxygens (including phenoxy) is 1. The molecule has 0 fully saturated rings. The largest absolute Gasteiger partial charge is 0.495 e. The molecule has 0 aliphatic heterocycles. The zero-order valence-corrected chi connectivity index (χ0v) is 17.2. The summed E-state index contributed by atoms with van der Waals surface area (Å²) in [5, 5.41) is 7.04. The predicted molar refractivity (Wildman–Crippen MR) is 113 cm³/mol. The first-order valence-corrected chi connectivity index (χ1v) is 8.08. The van der Waals surface area contributed by atoms with Crippen LogP contribution in [0.25, 0.3) is 0 Å². The van der Waals surface area contributed by atoms with Crippen molar-refractivity contribution in [3.05, 3.63) is 65.6 Å². The van der Waals surface area contributed by atoms with E-state index in [4.69, 9.17) is 20.8 Å². The van der Waals surface area contributed by atoms with Gasteiger partial charge in [0.25, 0.3) is 0 Å². The molecule has 0 aliphatic carbocycles. The summed E-state index contributed by atoms with van der Waals surface area (Å²) < 4.78 is 10.5. The molecule has 2 N–H and O–H groups in total. The minimum absolute atomic E-state index is 0. The molecule has 1 aromatic heterocycles. The van der Waals surface area contributed by atoms with Crippen molar-refractivity contribution in [2.24, 2.45) is 4.99 Å². The van der Waals surface area contributed by atoms with E-state index < -0.39 is 0 Å². The standard InChI is InChI=1S/C18H22ClN3O2.HI/c1-3-9-20-18(21-10-8-15-5-4-11-24-15)22-13-14-6-7-17(23-2)16(19)12-14;/h3-7,11-12H,1,8-10,13H2,2H3,(H2,20,21,22);1H. The first-order valence-electron chi connectivity index (χ1n) is 7.71. The summed E-state index contributed by atoms with van der Waals surface area (Å²) in [7, 11) is 1.60. The van der Waals surface area contributed by atoms with Gasteiger partial charge in [0.1, 0.15) is 11.5 Å². The number of aliphatic imine (C=N–C) groups is 1. The molecule has 2 aromatic rings. The van der Waals surface area contributed by atoms with Gasteiger partial charge in [-0.25, -0.2) is 4.99 Å². The maximum absolute atomic E-state index is 6.14. The van der Waals surface area contributed by atoms with Crippen molar-refractivity contribution >= 4 is 41.5 Å². The second kappa shape index (κ2) is 11.8. The van der Waals surface area contributed by atoms with Crippen LogP contribution >= 0.6 is 35.6 Å². The Morgan fingerprint density at radius 3 is 2.84 bits per heavy atom. The summed E-state index contributed by atoms with van der Waals surface area (Å²) in [4.78, 5) is 4.56. The molecule has 0 amide bonds. The number of nitrogens with zero attached hydrogens (tertiary/aromatic N) is 1. The zero-order chi connectivity index (χ0) is 17.2. The van der Waals surface area contributed by atoms with Gasteiger partial charge in [0, 0.05) is 19.5 Å². The number of hydrogen-bond acceptors (Lipinski definition) is 3. The van der Waals surface area contributed by atoms with Crippen LogP contribution in [-0.4, -0.2) is 26.2 Å². The summed E-state index contributed by atoms with van der Waals surface area (Å²) in [5.41, 5.74) is 1.01. The van der Waals surface area contributed by atoms with E-state index in [0.29, 0.717) is 29.8 Å². The smallest absolute Gasteiger partial charge is 0.191 e. The Hall–Kier alpha value is -1.67. The van der Waals surface area contributed by atoms with Crippen LogP contribution in [0.3, 0.4) is 0 Å². The highest BCUT2D eigenvalue weighted by atomic mass is 127. The third-order valence-corrected chi connectivity index (χ3v) is 3.59. The van der Waals surface area contributed by atoms with Gasteiger partial charge >= 0.3 is 0 Å². The summed E-state index contributed by atoms with van der Waals surface area (Å²) in [6.45, 7) is 5.58. The lowest BCUT2D eigenvalue weighted by Gasteiger charge is -2.11. The Balaban J connectivity index is 0.00000312. The van der Waals surface area contributed by atoms with Gasteiger partial charge in [0.05, 0.1) is 24.9 Å². The maximum atomic E-state index is 6.14. The molecule has 7 heteroatoms. The number of hydrogen-bond donors (Lipinski definition) is 2. The fraction of sp³-hybridized carbons (Fsp3) is 0.278. The molecule has 0 saturated carbocycles. The molecule has 0 spiro atoms. The van der Waals surface area contributed by atoms with Crippen molar-refractivity contribution in [2.75, 3.05) is 20.2 Å². The van der Waals surface area contributed by atoms with E-state index in [1.165, 1.54) is 0 Å². The lowest BCUT2D eigenvalue weighted by atomic mass is 10.2. The van der Waals surface area contributed by atoms with Crippen molar-refractivity contribution in [3.8, 4) is 5.75 Å². The highest BCUT2D eigenvalue weighted by Crippen LogP contribution is 2.25. The van der Waals surface area contributed by atoms with Crippen LogP contribution in [0, 0.1) is 0 Å². The monoisotopic (exact) mass is 475 g/mol. The molecule has 5 nitrogen and oxygen atoms in total. The van der Waals surface area contributed by atoms with Gasteiger partial charge in [-0.15, -0.1) is 30.6 Å². The van der Waals surface area contributed by atoms with E-state index in [1.54, 1.807) is 19.4 Å². The first-order chi connectivity index (χ1) is 11.7. The summed E-state index contributed by atoms with van der Waals surface area (Å²) >= 11 is 6.14. The molecule has 0 atom stereocenters. The van der Waals surface area contributed by atoms with Crippen molar-refractivity contribution in [1.82, 2.24) is 10.6 Å². The van der Waals surface area contributed by atoms with Crippen LogP contribution in [0.15, 0.2) is 58.7 Å². The second-order valence-corrected chi connectivity index (χ2v) is 5.47. The summed E-state index contributed by atoms with van der Waals surface area (Å²) in [6.07, 6.45) is 4.25. The minimum atomic E-state index is 0. The van der Waals surface area contributed by atoms with E-state index in [9.17, 15) is 0 Å². The average Bonchev–Trinajstić information content (AvgIpc) is 3.10. The van der Waals surface area contributed by atoms with E-state index in [1.807, 2.05) is 30.3 Å². The highest BCUT2D eigenvalue weighted by molar-refractivity contribution is 14.0. The third-order valence-electron chi connectivity index (χ3n) is 3.29. The van der Waals surface area contributed by atoms with Crippen LogP contribution in [0.2, 0.25) is 5.02 Å². The highest BCUT2D eigenvalue weighted by Gasteiger charge is 2.03. The SMILES string of the molecule is C=CCNC(=NCc1ccc(OC)c(Cl)c1)NCCc1ccco1.I. The third kappa shape index (κ3) is 7.39. The van der Waals surface area contributed by atoms with Crippen molar-refractivity contribution in [2.45, 2.75) is 13.0 Å². The number of methoxy groups -OCH3 is 1. The van der Waals surface area contributed by atoms with Gasteiger partial charge in [0.2, 0.25) is 0 Å². The Bertz CT molecular complexity index is 675. The Labute approximate surface area is 170 Å². The fourth-order valence-corrected chi connectivity index (χ4v) is 2.36. The minimum Gasteiger partial charge on any atom is -0.495 e. The molecule has 0 unspecified atom stereocenters. The van der Waals surface area contributed by atoms with Crippen LogP contribution in [0.1, 0.15) is 11.3 Å².